The number of carbonyl (C=O) groups excluding carboxylic acids is 1. The maximum Gasteiger partial charge on any atom is 0.341 e. The topological polar surface area (TPSA) is 109 Å². The van der Waals surface area contributed by atoms with Gasteiger partial charge in [0, 0.05) is 16.3 Å². The monoisotopic (exact) mass is 400 g/mol. The van der Waals surface area contributed by atoms with E-state index >= 15 is 0 Å². The second-order valence-corrected chi connectivity index (χ2v) is 5.86. The molecule has 0 unspecified atom stereocenters. The molecular weight excluding hydrogens is 384 g/mol. The zero-order chi connectivity index (χ0) is 20.5. The first kappa shape index (κ1) is 20.8. The van der Waals surface area contributed by atoms with Gasteiger partial charge in [0.2, 0.25) is 0 Å². The van der Waals surface area contributed by atoms with Crippen LogP contribution in [0.3, 0.4) is 0 Å². The molecule has 2 N–H and O–H groups in total. The number of halogens is 1. The SMILES string of the molecule is CCOc1cccc(/C=C(/C#N)C(=O)Nc2ccc(Cl)cc2)c1OCC(=O)O. The van der Waals surface area contributed by atoms with Crippen molar-refractivity contribution >= 4 is 35.2 Å². The van der Waals surface area contributed by atoms with Gasteiger partial charge in [-0.1, -0.05) is 23.7 Å². The summed E-state index contributed by atoms with van der Waals surface area (Å²) in [6.07, 6.45) is 1.31. The molecule has 0 saturated heterocycles. The summed E-state index contributed by atoms with van der Waals surface area (Å²) in [7, 11) is 0. The Bertz CT molecular complexity index is 933. The largest absolute Gasteiger partial charge is 0.490 e. The predicted molar refractivity (Wildman–Crippen MR) is 104 cm³/mol. The van der Waals surface area contributed by atoms with Crippen LogP contribution in [0.5, 0.6) is 11.5 Å². The third-order valence-corrected chi connectivity index (χ3v) is 3.67. The molecule has 0 aliphatic rings. The average molecular weight is 401 g/mol. The molecule has 0 bridgehead atoms. The molecule has 28 heavy (non-hydrogen) atoms. The quantitative estimate of drug-likeness (QED) is 0.516. The van der Waals surface area contributed by atoms with Gasteiger partial charge in [0.25, 0.3) is 5.91 Å². The molecule has 0 radical (unpaired) electrons. The summed E-state index contributed by atoms with van der Waals surface area (Å²) in [6.45, 7) is 1.51. The summed E-state index contributed by atoms with van der Waals surface area (Å²) in [6, 6.07) is 13.1. The molecule has 0 aliphatic carbocycles. The number of carbonyl (C=O) groups is 2. The number of para-hydroxylation sites is 1. The average Bonchev–Trinajstić information content (AvgIpc) is 2.67. The van der Waals surface area contributed by atoms with Crippen LogP contribution in [0.1, 0.15) is 12.5 Å². The number of nitriles is 1. The first-order chi connectivity index (χ1) is 13.4. The van der Waals surface area contributed by atoms with E-state index in [9.17, 15) is 14.9 Å². The molecule has 0 atom stereocenters. The van der Waals surface area contributed by atoms with Gasteiger partial charge in [0.1, 0.15) is 11.6 Å². The summed E-state index contributed by atoms with van der Waals surface area (Å²) in [4.78, 5) is 23.3. The number of hydrogen-bond donors (Lipinski definition) is 2. The maximum absolute atomic E-state index is 12.4. The highest BCUT2D eigenvalue weighted by Crippen LogP contribution is 2.33. The fourth-order valence-electron chi connectivity index (χ4n) is 2.24. The zero-order valence-electron chi connectivity index (χ0n) is 14.9. The molecule has 0 saturated carbocycles. The van der Waals surface area contributed by atoms with E-state index in [0.29, 0.717) is 28.6 Å². The van der Waals surface area contributed by atoms with Crippen molar-refractivity contribution in [3.8, 4) is 17.6 Å². The summed E-state index contributed by atoms with van der Waals surface area (Å²) >= 11 is 5.81. The molecule has 2 aromatic rings. The van der Waals surface area contributed by atoms with Crippen molar-refractivity contribution in [3.05, 3.63) is 58.6 Å². The lowest BCUT2D eigenvalue weighted by Crippen LogP contribution is -2.14. The minimum Gasteiger partial charge on any atom is -0.490 e. The van der Waals surface area contributed by atoms with E-state index < -0.39 is 18.5 Å². The Morgan fingerprint density at radius 2 is 1.93 bits per heavy atom. The van der Waals surface area contributed by atoms with Crippen LogP contribution in [0.4, 0.5) is 5.69 Å². The van der Waals surface area contributed by atoms with Gasteiger partial charge < -0.3 is 19.9 Å². The van der Waals surface area contributed by atoms with Crippen LogP contribution in [-0.4, -0.2) is 30.2 Å². The third kappa shape index (κ3) is 5.76. The smallest absolute Gasteiger partial charge is 0.341 e. The van der Waals surface area contributed by atoms with Crippen molar-refractivity contribution in [3.63, 3.8) is 0 Å². The van der Waals surface area contributed by atoms with Crippen LogP contribution in [-0.2, 0) is 9.59 Å². The van der Waals surface area contributed by atoms with Crippen LogP contribution >= 0.6 is 11.6 Å². The minimum absolute atomic E-state index is 0.138. The van der Waals surface area contributed by atoms with E-state index in [4.69, 9.17) is 26.2 Å². The van der Waals surface area contributed by atoms with Gasteiger partial charge in [-0.25, -0.2) is 4.79 Å². The Hall–Kier alpha value is -3.50. The molecule has 0 aliphatic heterocycles. The zero-order valence-corrected chi connectivity index (χ0v) is 15.7. The summed E-state index contributed by atoms with van der Waals surface area (Å²) in [5, 5.41) is 21.4. The molecular formula is C20H17ClN2O5. The van der Waals surface area contributed by atoms with Gasteiger partial charge in [0.05, 0.1) is 6.61 Å². The number of nitrogens with zero attached hydrogens (tertiary/aromatic N) is 1. The van der Waals surface area contributed by atoms with Gasteiger partial charge in [0.15, 0.2) is 18.1 Å². The summed E-state index contributed by atoms with van der Waals surface area (Å²) in [5.41, 5.74) is 0.625. The Morgan fingerprint density at radius 1 is 1.21 bits per heavy atom. The number of nitrogens with one attached hydrogen (secondary N) is 1. The molecule has 0 heterocycles. The standard InChI is InChI=1S/C20H17ClN2O5/c1-2-27-17-5-3-4-13(19(17)28-12-18(24)25)10-14(11-22)20(26)23-16-8-6-15(21)7-9-16/h3-10H,2,12H2,1H3,(H,23,26)(H,24,25)/b14-10-. The normalized spacial score (nSPS) is 10.7. The molecule has 8 heteroatoms. The Labute approximate surface area is 166 Å². The van der Waals surface area contributed by atoms with Gasteiger partial charge in [-0.05, 0) is 43.3 Å². The Kier molecular flexibility index (Phi) is 7.43. The second-order valence-electron chi connectivity index (χ2n) is 5.42. The van der Waals surface area contributed by atoms with Crippen molar-refractivity contribution in [2.75, 3.05) is 18.5 Å². The second kappa shape index (κ2) is 10.00. The van der Waals surface area contributed by atoms with Crippen molar-refractivity contribution in [1.82, 2.24) is 0 Å². The fourth-order valence-corrected chi connectivity index (χ4v) is 2.37. The lowest BCUT2D eigenvalue weighted by molar-refractivity contribution is -0.139. The van der Waals surface area contributed by atoms with E-state index in [0.717, 1.165) is 0 Å². The summed E-state index contributed by atoms with van der Waals surface area (Å²) < 4.78 is 10.8. The first-order valence-corrected chi connectivity index (χ1v) is 8.61. The highest BCUT2D eigenvalue weighted by atomic mass is 35.5. The third-order valence-electron chi connectivity index (χ3n) is 3.42. The van der Waals surface area contributed by atoms with Crippen LogP contribution < -0.4 is 14.8 Å². The number of anilines is 1. The van der Waals surface area contributed by atoms with E-state index in [1.807, 2.05) is 6.07 Å². The molecule has 0 fully saturated rings. The lowest BCUT2D eigenvalue weighted by atomic mass is 10.1. The first-order valence-electron chi connectivity index (χ1n) is 8.23. The van der Waals surface area contributed by atoms with Crippen molar-refractivity contribution in [1.29, 1.82) is 5.26 Å². The van der Waals surface area contributed by atoms with Crippen LogP contribution in [0.15, 0.2) is 48.0 Å². The molecule has 2 rings (SSSR count). The number of rotatable bonds is 8. The number of amides is 1. The van der Waals surface area contributed by atoms with Crippen LogP contribution in [0.2, 0.25) is 5.02 Å². The minimum atomic E-state index is -1.16. The molecule has 2 aromatic carbocycles. The molecule has 0 spiro atoms. The number of carboxylic acids is 1. The highest BCUT2D eigenvalue weighted by Gasteiger charge is 2.15. The molecule has 144 valence electrons. The van der Waals surface area contributed by atoms with E-state index in [1.54, 1.807) is 49.4 Å². The van der Waals surface area contributed by atoms with Gasteiger partial charge in [-0.3, -0.25) is 4.79 Å². The van der Waals surface area contributed by atoms with E-state index in [1.165, 1.54) is 6.08 Å². The van der Waals surface area contributed by atoms with Gasteiger partial charge in [-0.2, -0.15) is 5.26 Å². The number of ether oxygens (including phenoxy) is 2. The number of hydrogen-bond acceptors (Lipinski definition) is 5. The van der Waals surface area contributed by atoms with Crippen molar-refractivity contribution < 1.29 is 24.2 Å². The summed E-state index contributed by atoms with van der Waals surface area (Å²) in [5.74, 6) is -1.34. The van der Waals surface area contributed by atoms with Crippen molar-refractivity contribution in [2.24, 2.45) is 0 Å². The maximum atomic E-state index is 12.4. The van der Waals surface area contributed by atoms with Crippen LogP contribution in [0.25, 0.3) is 6.08 Å². The Morgan fingerprint density at radius 3 is 2.54 bits per heavy atom. The van der Waals surface area contributed by atoms with E-state index in [2.05, 4.69) is 5.32 Å². The molecule has 7 nitrogen and oxygen atoms in total. The van der Waals surface area contributed by atoms with Crippen LogP contribution in [0, 0.1) is 11.3 Å². The Balaban J connectivity index is 2.34. The van der Waals surface area contributed by atoms with Crippen molar-refractivity contribution in [2.45, 2.75) is 6.92 Å². The number of aliphatic carboxylic acids is 1. The highest BCUT2D eigenvalue weighted by molar-refractivity contribution is 6.30. The number of carboxylic acid groups (broad SMARTS) is 1. The number of benzene rings is 2. The van der Waals surface area contributed by atoms with E-state index in [-0.39, 0.29) is 11.3 Å². The van der Waals surface area contributed by atoms with Gasteiger partial charge in [-0.15, -0.1) is 0 Å². The van der Waals surface area contributed by atoms with Gasteiger partial charge >= 0.3 is 5.97 Å². The fraction of sp³-hybridized carbons (Fsp3) is 0.150. The lowest BCUT2D eigenvalue weighted by Gasteiger charge is -2.13. The predicted octanol–water partition coefficient (Wildman–Crippen LogP) is 3.75. The molecule has 0 aromatic heterocycles. The molecule has 1 amide bonds.